The lowest BCUT2D eigenvalue weighted by atomic mass is 9.81. The van der Waals surface area contributed by atoms with E-state index in [1.807, 2.05) is 12.1 Å². The van der Waals surface area contributed by atoms with Crippen LogP contribution in [0.15, 0.2) is 59.5 Å². The topological polar surface area (TPSA) is 88.4 Å². The van der Waals surface area contributed by atoms with E-state index in [1.165, 1.54) is 36.2 Å². The normalized spacial score (nSPS) is 18.2. The van der Waals surface area contributed by atoms with Gasteiger partial charge in [0.2, 0.25) is 5.95 Å². The number of hydrogen-bond acceptors (Lipinski definition) is 5. The lowest BCUT2D eigenvalue weighted by Crippen LogP contribution is -2.27. The molecule has 6 rings (SSSR count). The molecule has 0 saturated heterocycles. The van der Waals surface area contributed by atoms with E-state index in [4.69, 9.17) is 0 Å². The quantitative estimate of drug-likeness (QED) is 0.434. The van der Waals surface area contributed by atoms with Crippen LogP contribution in [0.1, 0.15) is 47.3 Å². The van der Waals surface area contributed by atoms with Crippen molar-refractivity contribution in [1.82, 2.24) is 25.0 Å². The van der Waals surface area contributed by atoms with Crippen molar-refractivity contribution in [2.24, 2.45) is 5.41 Å². The molecule has 1 spiro atoms. The minimum Gasteiger partial charge on any atom is -0.347 e. The predicted molar refractivity (Wildman–Crippen MR) is 126 cm³/mol. The van der Waals surface area contributed by atoms with Gasteiger partial charge in [0, 0.05) is 42.3 Å². The molecule has 3 heterocycles. The van der Waals surface area contributed by atoms with Crippen molar-refractivity contribution >= 4 is 22.5 Å². The van der Waals surface area contributed by atoms with E-state index < -0.39 is 11.9 Å². The minimum atomic E-state index is -0.446. The van der Waals surface area contributed by atoms with Gasteiger partial charge in [0.25, 0.3) is 11.5 Å². The van der Waals surface area contributed by atoms with Gasteiger partial charge >= 0.3 is 0 Å². The lowest BCUT2D eigenvalue weighted by molar-refractivity contribution is 0.0946. The number of carbonyl (C=O) groups is 1. The van der Waals surface area contributed by atoms with Gasteiger partial charge in [-0.1, -0.05) is 18.6 Å². The summed E-state index contributed by atoms with van der Waals surface area (Å²) in [6.45, 7) is 0.714. The van der Waals surface area contributed by atoms with E-state index >= 15 is 0 Å². The number of carbonyl (C=O) groups excluding carboxylic acids is 1. The van der Waals surface area contributed by atoms with Crippen molar-refractivity contribution in [2.45, 2.75) is 44.8 Å². The molecular weight excluding hydrogens is 433 g/mol. The van der Waals surface area contributed by atoms with Gasteiger partial charge in [-0.05, 0) is 60.6 Å². The summed E-state index contributed by atoms with van der Waals surface area (Å²) in [6, 6.07) is 14.2. The summed E-state index contributed by atoms with van der Waals surface area (Å²) < 4.78 is 15.9. The summed E-state index contributed by atoms with van der Waals surface area (Å²) in [6.07, 6.45) is 6.66. The highest BCUT2D eigenvalue weighted by molar-refractivity contribution is 5.92. The predicted octanol–water partition coefficient (Wildman–Crippen LogP) is 3.34. The first-order valence-electron chi connectivity index (χ1n) is 11.6. The summed E-state index contributed by atoms with van der Waals surface area (Å²) in [7, 11) is 0. The number of hydrogen-bond donors (Lipinski definition) is 2. The van der Waals surface area contributed by atoms with Crippen LogP contribution in [0, 0.1) is 11.4 Å². The van der Waals surface area contributed by atoms with Crippen LogP contribution in [0.3, 0.4) is 0 Å². The largest absolute Gasteiger partial charge is 0.347 e. The number of halogens is 1. The Morgan fingerprint density at radius 1 is 1.12 bits per heavy atom. The first kappa shape index (κ1) is 20.9. The Hall–Kier alpha value is -3.65. The van der Waals surface area contributed by atoms with Crippen LogP contribution < -0.4 is 16.2 Å². The molecule has 2 aliphatic carbocycles. The number of nitrogens with zero attached hydrogens (tertiary/aromatic N) is 3. The van der Waals surface area contributed by atoms with Gasteiger partial charge in [-0.15, -0.1) is 0 Å². The molecule has 172 valence electrons. The number of benzene rings is 1. The molecule has 1 atom stereocenters. The molecule has 3 aromatic heterocycles. The van der Waals surface area contributed by atoms with E-state index in [0.29, 0.717) is 34.7 Å². The van der Waals surface area contributed by atoms with Crippen LogP contribution in [0.5, 0.6) is 0 Å². The molecule has 8 heteroatoms. The molecule has 1 aromatic carbocycles. The molecule has 1 unspecified atom stereocenters. The molecule has 7 nitrogen and oxygen atoms in total. The zero-order chi connectivity index (χ0) is 23.3. The molecule has 0 aliphatic heterocycles. The molecule has 2 aliphatic rings. The number of rotatable bonds is 6. The zero-order valence-corrected chi connectivity index (χ0v) is 18.6. The van der Waals surface area contributed by atoms with Gasteiger partial charge in [0.1, 0.15) is 11.3 Å². The fourth-order valence-corrected chi connectivity index (χ4v) is 4.98. The fraction of sp³-hybridized carbons (Fsp3) is 0.308. The van der Waals surface area contributed by atoms with Gasteiger partial charge in [0.15, 0.2) is 0 Å². The Kier molecular flexibility index (Phi) is 4.91. The maximum absolute atomic E-state index is 14.5. The second-order valence-corrected chi connectivity index (χ2v) is 9.41. The Morgan fingerprint density at radius 3 is 2.79 bits per heavy atom. The van der Waals surface area contributed by atoms with E-state index in [0.717, 1.165) is 10.9 Å². The summed E-state index contributed by atoms with van der Waals surface area (Å²) >= 11 is 0. The van der Waals surface area contributed by atoms with Crippen molar-refractivity contribution in [3.8, 4) is 0 Å². The number of aromatic nitrogens is 3. The van der Waals surface area contributed by atoms with Gasteiger partial charge in [0.05, 0.1) is 5.52 Å². The van der Waals surface area contributed by atoms with Crippen molar-refractivity contribution in [2.75, 3.05) is 0 Å². The Bertz CT molecular complexity index is 1490. The summed E-state index contributed by atoms with van der Waals surface area (Å²) in [4.78, 5) is 33.3. The van der Waals surface area contributed by atoms with Crippen molar-refractivity contribution in [3.05, 3.63) is 87.9 Å². The fourth-order valence-electron chi connectivity index (χ4n) is 4.98. The van der Waals surface area contributed by atoms with Crippen LogP contribution in [0.2, 0.25) is 0 Å². The van der Waals surface area contributed by atoms with Gasteiger partial charge in [-0.3, -0.25) is 14.0 Å². The highest BCUT2D eigenvalue weighted by atomic mass is 19.1. The van der Waals surface area contributed by atoms with Gasteiger partial charge in [-0.2, -0.15) is 4.39 Å². The molecule has 34 heavy (non-hydrogen) atoms. The second kappa shape index (κ2) is 7.99. The van der Waals surface area contributed by atoms with E-state index in [9.17, 15) is 14.0 Å². The molecule has 0 bridgehead atoms. The van der Waals surface area contributed by atoms with E-state index in [1.54, 1.807) is 36.5 Å². The van der Waals surface area contributed by atoms with Crippen molar-refractivity contribution < 1.29 is 9.18 Å². The maximum Gasteiger partial charge on any atom is 0.270 e. The van der Waals surface area contributed by atoms with E-state index in [2.05, 4.69) is 20.6 Å². The minimum absolute atomic E-state index is 0.0680. The maximum atomic E-state index is 14.5. The zero-order valence-electron chi connectivity index (χ0n) is 18.6. The molecule has 2 fully saturated rings. The Morgan fingerprint density at radius 2 is 2.00 bits per heavy atom. The van der Waals surface area contributed by atoms with Crippen LogP contribution in [0.4, 0.5) is 4.39 Å². The van der Waals surface area contributed by atoms with Crippen LogP contribution in [-0.4, -0.2) is 26.3 Å². The SMILES string of the molecule is O=C(NCc1ccc2nc(F)c(CNC3CC34CCC4)cc2c1)c1cc(=O)n2ccccc2n1. The average molecular weight is 458 g/mol. The third kappa shape index (κ3) is 3.74. The molecule has 1 amide bonds. The third-order valence-corrected chi connectivity index (χ3v) is 7.24. The van der Waals surface area contributed by atoms with Gasteiger partial charge in [-0.25, -0.2) is 9.97 Å². The Balaban J connectivity index is 1.16. The molecule has 4 aromatic rings. The molecular formula is C26H24FN5O2. The van der Waals surface area contributed by atoms with Crippen LogP contribution >= 0.6 is 0 Å². The Labute approximate surface area is 195 Å². The average Bonchev–Trinajstić information content (AvgIpc) is 3.57. The summed E-state index contributed by atoms with van der Waals surface area (Å²) in [5.41, 5.74) is 2.62. The number of nitrogens with one attached hydrogen (secondary N) is 2. The highest BCUT2D eigenvalue weighted by Crippen LogP contribution is 2.60. The van der Waals surface area contributed by atoms with Crippen molar-refractivity contribution in [3.63, 3.8) is 0 Å². The van der Waals surface area contributed by atoms with Crippen LogP contribution in [0.25, 0.3) is 16.6 Å². The number of fused-ring (bicyclic) bond motifs is 2. The summed E-state index contributed by atoms with van der Waals surface area (Å²) in [5.74, 6) is -0.877. The lowest BCUT2D eigenvalue weighted by Gasteiger charge is -2.26. The standard InChI is InChI=1S/C26H24FN5O2/c27-24-18(15-28-21-13-26(21)7-3-8-26)11-17-10-16(5-6-19(17)31-24)14-29-25(34)20-12-23(33)32-9-2-1-4-22(32)30-20/h1-2,4-6,9-12,21,28H,3,7-8,13-15H2,(H,29,34). The molecule has 0 radical (unpaired) electrons. The molecule has 2 N–H and O–H groups in total. The smallest absolute Gasteiger partial charge is 0.270 e. The number of pyridine rings is 2. The third-order valence-electron chi connectivity index (χ3n) is 7.24. The number of amides is 1. The van der Waals surface area contributed by atoms with E-state index in [-0.39, 0.29) is 17.8 Å². The summed E-state index contributed by atoms with van der Waals surface area (Å²) in [5, 5.41) is 7.12. The van der Waals surface area contributed by atoms with Gasteiger partial charge < -0.3 is 10.6 Å². The van der Waals surface area contributed by atoms with Crippen LogP contribution in [-0.2, 0) is 13.1 Å². The first-order valence-corrected chi connectivity index (χ1v) is 11.6. The van der Waals surface area contributed by atoms with Crippen molar-refractivity contribution in [1.29, 1.82) is 0 Å². The monoisotopic (exact) mass is 457 g/mol. The molecule has 2 saturated carbocycles. The first-order chi connectivity index (χ1) is 16.5. The second-order valence-electron chi connectivity index (χ2n) is 9.41. The highest BCUT2D eigenvalue weighted by Gasteiger charge is 2.57.